The number of ether oxygens (including phenoxy) is 1. The lowest BCUT2D eigenvalue weighted by Gasteiger charge is -2.26. The summed E-state index contributed by atoms with van der Waals surface area (Å²) in [6.07, 6.45) is 5.23. The fourth-order valence-corrected chi connectivity index (χ4v) is 2.06. The highest BCUT2D eigenvalue weighted by Crippen LogP contribution is 2.21. The van der Waals surface area contributed by atoms with Gasteiger partial charge in [-0.25, -0.2) is 4.98 Å². The second kappa shape index (κ2) is 6.36. The number of likely N-dealkylation sites (N-methyl/N-ethyl adjacent to an activating group) is 1. The van der Waals surface area contributed by atoms with Crippen molar-refractivity contribution in [3.05, 3.63) is 48.0 Å². The Kier molecular flexibility index (Phi) is 4.54. The van der Waals surface area contributed by atoms with Gasteiger partial charge in [-0.3, -0.25) is 4.90 Å². The Balaban J connectivity index is 2.09. The summed E-state index contributed by atoms with van der Waals surface area (Å²) in [7, 11) is 3.64. The molecule has 2 N–H and O–H groups in total. The van der Waals surface area contributed by atoms with E-state index < -0.39 is 0 Å². The first kappa shape index (κ1) is 13.6. The number of pyridine rings is 1. The maximum absolute atomic E-state index is 5.88. The van der Waals surface area contributed by atoms with E-state index in [0.717, 1.165) is 17.7 Å². The summed E-state index contributed by atoms with van der Waals surface area (Å²) in [6, 6.07) is 5.92. The molecule has 0 saturated carbocycles. The van der Waals surface area contributed by atoms with Crippen LogP contribution in [0.15, 0.2) is 41.3 Å². The highest BCUT2D eigenvalue weighted by molar-refractivity contribution is 5.21. The standard InChI is InChI=1S/C14H19N3O2/c1-17(9-11-5-6-19-10-11)13(7-15)12-3-4-14(18-2)16-8-12/h3-6,8,10,13H,7,9,15H2,1-2H3. The molecule has 2 heterocycles. The van der Waals surface area contributed by atoms with Crippen LogP contribution in [-0.2, 0) is 6.54 Å². The molecule has 5 heteroatoms. The molecule has 102 valence electrons. The van der Waals surface area contributed by atoms with Gasteiger partial charge in [0.2, 0.25) is 5.88 Å². The Hall–Kier alpha value is -1.85. The highest BCUT2D eigenvalue weighted by atomic mass is 16.5. The van der Waals surface area contributed by atoms with Crippen LogP contribution in [0.3, 0.4) is 0 Å². The second-order valence-electron chi connectivity index (χ2n) is 4.43. The number of hydrogen-bond donors (Lipinski definition) is 1. The molecule has 2 aromatic rings. The van der Waals surface area contributed by atoms with Gasteiger partial charge in [0.15, 0.2) is 0 Å². The van der Waals surface area contributed by atoms with Crippen LogP contribution in [0, 0.1) is 0 Å². The van der Waals surface area contributed by atoms with Crippen molar-refractivity contribution >= 4 is 0 Å². The molecule has 5 nitrogen and oxygen atoms in total. The minimum absolute atomic E-state index is 0.119. The van der Waals surface area contributed by atoms with Gasteiger partial charge in [0.25, 0.3) is 0 Å². The predicted octanol–water partition coefficient (Wildman–Crippen LogP) is 1.81. The molecular formula is C14H19N3O2. The number of nitrogens with two attached hydrogens (primary N) is 1. The van der Waals surface area contributed by atoms with Crippen LogP contribution >= 0.6 is 0 Å². The van der Waals surface area contributed by atoms with Crippen molar-refractivity contribution < 1.29 is 9.15 Å². The normalized spacial score (nSPS) is 12.6. The van der Waals surface area contributed by atoms with E-state index in [1.54, 1.807) is 19.6 Å². The molecule has 0 fully saturated rings. The van der Waals surface area contributed by atoms with Gasteiger partial charge in [0.05, 0.1) is 19.6 Å². The van der Waals surface area contributed by atoms with Crippen molar-refractivity contribution in [3.63, 3.8) is 0 Å². The minimum atomic E-state index is 0.119. The average Bonchev–Trinajstić information content (AvgIpc) is 2.93. The molecule has 0 amide bonds. The number of hydrogen-bond acceptors (Lipinski definition) is 5. The van der Waals surface area contributed by atoms with Crippen molar-refractivity contribution in [2.24, 2.45) is 5.73 Å². The third-order valence-electron chi connectivity index (χ3n) is 3.12. The highest BCUT2D eigenvalue weighted by Gasteiger charge is 2.16. The monoisotopic (exact) mass is 261 g/mol. The molecule has 0 bridgehead atoms. The molecule has 0 aliphatic carbocycles. The molecule has 0 aliphatic rings. The lowest BCUT2D eigenvalue weighted by Crippen LogP contribution is -2.30. The van der Waals surface area contributed by atoms with E-state index in [-0.39, 0.29) is 6.04 Å². The van der Waals surface area contributed by atoms with E-state index in [1.807, 2.05) is 31.4 Å². The summed E-state index contributed by atoms with van der Waals surface area (Å²) in [5, 5.41) is 0. The van der Waals surface area contributed by atoms with Gasteiger partial charge in [0, 0.05) is 37.0 Å². The van der Waals surface area contributed by atoms with E-state index >= 15 is 0 Å². The van der Waals surface area contributed by atoms with Crippen LogP contribution in [-0.4, -0.2) is 30.6 Å². The molecule has 2 rings (SSSR count). The zero-order valence-corrected chi connectivity index (χ0v) is 11.2. The zero-order chi connectivity index (χ0) is 13.7. The summed E-state index contributed by atoms with van der Waals surface area (Å²) in [5.74, 6) is 0.608. The average molecular weight is 261 g/mol. The van der Waals surface area contributed by atoms with Gasteiger partial charge in [-0.05, 0) is 18.7 Å². The molecule has 1 unspecified atom stereocenters. The molecule has 0 saturated heterocycles. The van der Waals surface area contributed by atoms with Gasteiger partial charge in [-0.1, -0.05) is 6.07 Å². The Morgan fingerprint density at radius 1 is 1.42 bits per heavy atom. The third kappa shape index (κ3) is 3.33. The Morgan fingerprint density at radius 2 is 2.26 bits per heavy atom. The van der Waals surface area contributed by atoms with Gasteiger partial charge < -0.3 is 14.9 Å². The number of rotatable bonds is 6. The molecular weight excluding hydrogens is 242 g/mol. The van der Waals surface area contributed by atoms with Crippen LogP contribution in [0.2, 0.25) is 0 Å². The van der Waals surface area contributed by atoms with Crippen LogP contribution in [0.4, 0.5) is 0 Å². The Bertz CT molecular complexity index is 482. The fourth-order valence-electron chi connectivity index (χ4n) is 2.06. The molecule has 0 aromatic carbocycles. The van der Waals surface area contributed by atoms with Crippen molar-refractivity contribution in [3.8, 4) is 5.88 Å². The lowest BCUT2D eigenvalue weighted by molar-refractivity contribution is 0.240. The molecule has 2 aromatic heterocycles. The molecule has 19 heavy (non-hydrogen) atoms. The van der Waals surface area contributed by atoms with E-state index in [2.05, 4.69) is 9.88 Å². The van der Waals surface area contributed by atoms with Gasteiger partial charge in [0.1, 0.15) is 0 Å². The van der Waals surface area contributed by atoms with Crippen LogP contribution in [0.1, 0.15) is 17.2 Å². The molecule has 0 spiro atoms. The van der Waals surface area contributed by atoms with Gasteiger partial charge in [-0.2, -0.15) is 0 Å². The van der Waals surface area contributed by atoms with E-state index in [1.165, 1.54) is 0 Å². The Labute approximate surface area is 113 Å². The molecule has 1 atom stereocenters. The summed E-state index contributed by atoms with van der Waals surface area (Å²) in [6.45, 7) is 1.31. The summed E-state index contributed by atoms with van der Waals surface area (Å²) >= 11 is 0. The number of methoxy groups -OCH3 is 1. The summed E-state index contributed by atoms with van der Waals surface area (Å²) in [5.41, 5.74) is 8.09. The first-order valence-corrected chi connectivity index (χ1v) is 6.16. The quantitative estimate of drug-likeness (QED) is 0.859. The Morgan fingerprint density at radius 3 is 2.79 bits per heavy atom. The smallest absolute Gasteiger partial charge is 0.212 e. The first-order valence-electron chi connectivity index (χ1n) is 6.16. The van der Waals surface area contributed by atoms with Crippen molar-refractivity contribution in [2.45, 2.75) is 12.6 Å². The maximum Gasteiger partial charge on any atom is 0.212 e. The van der Waals surface area contributed by atoms with Crippen molar-refractivity contribution in [2.75, 3.05) is 20.7 Å². The summed E-state index contributed by atoms with van der Waals surface area (Å²) in [4.78, 5) is 6.40. The summed E-state index contributed by atoms with van der Waals surface area (Å²) < 4.78 is 10.1. The predicted molar refractivity (Wildman–Crippen MR) is 72.8 cm³/mol. The topological polar surface area (TPSA) is 64.5 Å². The molecule has 0 aliphatic heterocycles. The molecule has 0 radical (unpaired) electrons. The van der Waals surface area contributed by atoms with Crippen LogP contribution in [0.25, 0.3) is 0 Å². The first-order chi connectivity index (χ1) is 9.24. The minimum Gasteiger partial charge on any atom is -0.481 e. The van der Waals surface area contributed by atoms with Crippen LogP contribution < -0.4 is 10.5 Å². The maximum atomic E-state index is 5.88. The van der Waals surface area contributed by atoms with Crippen molar-refractivity contribution in [1.82, 2.24) is 9.88 Å². The van der Waals surface area contributed by atoms with Crippen LogP contribution in [0.5, 0.6) is 5.88 Å². The zero-order valence-electron chi connectivity index (χ0n) is 11.2. The van der Waals surface area contributed by atoms with Crippen molar-refractivity contribution in [1.29, 1.82) is 0 Å². The van der Waals surface area contributed by atoms with E-state index in [4.69, 9.17) is 14.9 Å². The number of aromatic nitrogens is 1. The second-order valence-corrected chi connectivity index (χ2v) is 4.43. The van der Waals surface area contributed by atoms with Gasteiger partial charge >= 0.3 is 0 Å². The third-order valence-corrected chi connectivity index (χ3v) is 3.12. The largest absolute Gasteiger partial charge is 0.481 e. The fraction of sp³-hybridized carbons (Fsp3) is 0.357. The van der Waals surface area contributed by atoms with Gasteiger partial charge in [-0.15, -0.1) is 0 Å². The SMILES string of the molecule is COc1ccc(C(CN)N(C)Cc2ccoc2)cn1. The number of furan rings is 1. The number of nitrogens with zero attached hydrogens (tertiary/aromatic N) is 2. The van der Waals surface area contributed by atoms with E-state index in [0.29, 0.717) is 12.4 Å². The lowest BCUT2D eigenvalue weighted by atomic mass is 10.1. The van der Waals surface area contributed by atoms with E-state index in [9.17, 15) is 0 Å².